The van der Waals surface area contributed by atoms with Crippen molar-refractivity contribution in [1.82, 2.24) is 15.3 Å². The molecule has 0 atom stereocenters. The zero-order valence-electron chi connectivity index (χ0n) is 11.2. The fourth-order valence-electron chi connectivity index (χ4n) is 2.12. The van der Waals surface area contributed by atoms with Gasteiger partial charge in [0.1, 0.15) is 5.82 Å². The Morgan fingerprint density at radius 1 is 1.47 bits per heavy atom. The summed E-state index contributed by atoms with van der Waals surface area (Å²) in [5.41, 5.74) is 0.636. The molecule has 19 heavy (non-hydrogen) atoms. The topological polar surface area (TPSA) is 95.1 Å². The van der Waals surface area contributed by atoms with Crippen LogP contribution in [0.15, 0.2) is 4.79 Å². The monoisotopic (exact) mass is 265 g/mol. The van der Waals surface area contributed by atoms with Crippen LogP contribution in [0.25, 0.3) is 0 Å². The van der Waals surface area contributed by atoms with Gasteiger partial charge < -0.3 is 15.4 Å². The summed E-state index contributed by atoms with van der Waals surface area (Å²) >= 11 is 0. The highest BCUT2D eigenvalue weighted by Gasteiger charge is 2.43. The Balaban J connectivity index is 1.96. The van der Waals surface area contributed by atoms with Crippen molar-refractivity contribution in [2.75, 3.05) is 6.61 Å². The van der Waals surface area contributed by atoms with Crippen LogP contribution in [0.3, 0.4) is 0 Å². The van der Waals surface area contributed by atoms with E-state index in [0.29, 0.717) is 23.5 Å². The van der Waals surface area contributed by atoms with Crippen LogP contribution < -0.4 is 10.9 Å². The molecule has 1 fully saturated rings. The third-order valence-electron chi connectivity index (χ3n) is 3.50. The molecule has 0 saturated heterocycles. The Morgan fingerprint density at radius 2 is 2.16 bits per heavy atom. The molecule has 0 bridgehead atoms. The Morgan fingerprint density at radius 3 is 2.68 bits per heavy atom. The largest absolute Gasteiger partial charge is 0.394 e. The highest BCUT2D eigenvalue weighted by Crippen LogP contribution is 2.34. The predicted molar refractivity (Wildman–Crippen MR) is 69.8 cm³/mol. The molecule has 104 valence electrons. The molecular weight excluding hydrogens is 246 g/mol. The Kier molecular flexibility index (Phi) is 3.71. The number of carbonyl (C=O) groups is 1. The molecule has 0 radical (unpaired) electrons. The summed E-state index contributed by atoms with van der Waals surface area (Å²) in [7, 11) is 0. The van der Waals surface area contributed by atoms with E-state index < -0.39 is 5.54 Å². The third kappa shape index (κ3) is 3.20. The summed E-state index contributed by atoms with van der Waals surface area (Å²) in [5, 5.41) is 11.9. The second-order valence-electron chi connectivity index (χ2n) is 5.20. The van der Waals surface area contributed by atoms with E-state index in [1.807, 2.05) is 0 Å². The minimum Gasteiger partial charge on any atom is -0.394 e. The van der Waals surface area contributed by atoms with Crippen molar-refractivity contribution in [2.24, 2.45) is 0 Å². The molecule has 1 amide bonds. The first-order valence-corrected chi connectivity index (χ1v) is 6.44. The third-order valence-corrected chi connectivity index (χ3v) is 3.50. The number of aliphatic hydroxyl groups is 1. The first-order valence-electron chi connectivity index (χ1n) is 6.44. The number of aryl methyl sites for hydroxylation is 2. The minimum absolute atomic E-state index is 0.0234. The van der Waals surface area contributed by atoms with Crippen LogP contribution in [0.5, 0.6) is 0 Å². The van der Waals surface area contributed by atoms with Crippen molar-refractivity contribution in [3.05, 3.63) is 27.4 Å². The smallest absolute Gasteiger partial charge is 0.254 e. The van der Waals surface area contributed by atoms with Crippen molar-refractivity contribution in [1.29, 1.82) is 0 Å². The van der Waals surface area contributed by atoms with Gasteiger partial charge in [0.15, 0.2) is 0 Å². The van der Waals surface area contributed by atoms with E-state index in [2.05, 4.69) is 15.3 Å². The first kappa shape index (κ1) is 13.7. The van der Waals surface area contributed by atoms with Crippen LogP contribution in [0.2, 0.25) is 0 Å². The molecular formula is C13H19N3O3. The maximum Gasteiger partial charge on any atom is 0.254 e. The summed E-state index contributed by atoms with van der Waals surface area (Å²) in [6.45, 7) is 3.47. The maximum atomic E-state index is 11.8. The summed E-state index contributed by atoms with van der Waals surface area (Å²) in [4.78, 5) is 30.4. The molecule has 0 unspecified atom stereocenters. The number of hydrogen-bond acceptors (Lipinski definition) is 4. The van der Waals surface area contributed by atoms with Crippen LogP contribution >= 0.6 is 0 Å². The van der Waals surface area contributed by atoms with Crippen molar-refractivity contribution in [2.45, 2.75) is 45.1 Å². The van der Waals surface area contributed by atoms with Crippen molar-refractivity contribution < 1.29 is 9.90 Å². The molecule has 1 aliphatic rings. The Hall–Kier alpha value is -1.69. The number of aromatic amines is 1. The van der Waals surface area contributed by atoms with E-state index in [1.165, 1.54) is 0 Å². The van der Waals surface area contributed by atoms with Gasteiger partial charge in [-0.25, -0.2) is 4.98 Å². The number of amides is 1. The molecule has 1 aliphatic carbocycles. The van der Waals surface area contributed by atoms with Crippen LogP contribution in [-0.2, 0) is 11.2 Å². The minimum atomic E-state index is -0.399. The molecule has 6 heteroatoms. The average Bonchev–Trinajstić information content (AvgIpc) is 3.08. The lowest BCUT2D eigenvalue weighted by molar-refractivity contribution is -0.122. The predicted octanol–water partition coefficient (Wildman–Crippen LogP) is -0.0396. The fraction of sp³-hybridized carbons (Fsp3) is 0.615. The number of nitrogens with zero attached hydrogens (tertiary/aromatic N) is 1. The van der Waals surface area contributed by atoms with Gasteiger partial charge in [0.25, 0.3) is 5.56 Å². The van der Waals surface area contributed by atoms with Gasteiger partial charge in [0.05, 0.1) is 12.1 Å². The summed E-state index contributed by atoms with van der Waals surface area (Å²) < 4.78 is 0. The Labute approximate surface area is 111 Å². The zero-order valence-corrected chi connectivity index (χ0v) is 11.2. The number of H-pyrrole nitrogens is 1. The molecule has 1 aromatic rings. The molecule has 2 rings (SSSR count). The number of aromatic nitrogens is 2. The van der Waals surface area contributed by atoms with E-state index in [1.54, 1.807) is 13.8 Å². The second-order valence-corrected chi connectivity index (χ2v) is 5.20. The molecule has 1 saturated carbocycles. The van der Waals surface area contributed by atoms with Crippen LogP contribution in [0.1, 0.15) is 36.3 Å². The van der Waals surface area contributed by atoms with E-state index in [4.69, 9.17) is 5.11 Å². The van der Waals surface area contributed by atoms with Gasteiger partial charge in [-0.15, -0.1) is 0 Å². The molecule has 0 spiro atoms. The summed E-state index contributed by atoms with van der Waals surface area (Å²) in [6, 6.07) is 0. The first-order chi connectivity index (χ1) is 8.96. The maximum absolute atomic E-state index is 11.8. The standard InChI is InChI=1S/C13H19N3O3/c1-8-10(12(19)15-9(2)14-8)3-4-11(18)16-13(7-17)5-6-13/h17H,3-7H2,1-2H3,(H,16,18)(H,14,15,19). The van der Waals surface area contributed by atoms with Crippen molar-refractivity contribution >= 4 is 5.91 Å². The lowest BCUT2D eigenvalue weighted by Crippen LogP contribution is -2.39. The van der Waals surface area contributed by atoms with Gasteiger partial charge in [0, 0.05) is 17.7 Å². The molecule has 1 heterocycles. The van der Waals surface area contributed by atoms with Gasteiger partial charge >= 0.3 is 0 Å². The summed E-state index contributed by atoms with van der Waals surface area (Å²) in [6.07, 6.45) is 2.24. The molecule has 1 aromatic heterocycles. The number of carbonyl (C=O) groups excluding carboxylic acids is 1. The van der Waals surface area contributed by atoms with Crippen molar-refractivity contribution in [3.8, 4) is 0 Å². The Bertz CT molecular complexity index is 547. The quantitative estimate of drug-likeness (QED) is 0.696. The summed E-state index contributed by atoms with van der Waals surface area (Å²) in [5.74, 6) is 0.443. The van der Waals surface area contributed by atoms with Crippen LogP contribution in [-0.4, -0.2) is 33.1 Å². The highest BCUT2D eigenvalue weighted by atomic mass is 16.3. The van der Waals surface area contributed by atoms with Gasteiger partial charge in [-0.1, -0.05) is 0 Å². The van der Waals surface area contributed by atoms with Gasteiger partial charge in [-0.3, -0.25) is 9.59 Å². The SMILES string of the molecule is Cc1nc(C)c(CCC(=O)NC2(CO)CC2)c(=O)[nH]1. The van der Waals surface area contributed by atoms with Crippen molar-refractivity contribution in [3.63, 3.8) is 0 Å². The molecule has 0 aliphatic heterocycles. The van der Waals surface area contributed by atoms with Crippen LogP contribution in [0.4, 0.5) is 0 Å². The number of rotatable bonds is 5. The zero-order chi connectivity index (χ0) is 14.0. The average molecular weight is 265 g/mol. The van der Waals surface area contributed by atoms with Gasteiger partial charge in [-0.05, 0) is 33.1 Å². The highest BCUT2D eigenvalue weighted by molar-refractivity contribution is 5.77. The van der Waals surface area contributed by atoms with E-state index in [0.717, 1.165) is 12.8 Å². The molecule has 6 nitrogen and oxygen atoms in total. The van der Waals surface area contributed by atoms with Crippen LogP contribution in [0, 0.1) is 13.8 Å². The number of nitrogens with one attached hydrogen (secondary N) is 2. The van der Waals surface area contributed by atoms with Gasteiger partial charge in [0.2, 0.25) is 5.91 Å². The van der Waals surface area contributed by atoms with E-state index in [9.17, 15) is 9.59 Å². The second kappa shape index (κ2) is 5.13. The van der Waals surface area contributed by atoms with E-state index >= 15 is 0 Å². The molecule has 3 N–H and O–H groups in total. The number of aliphatic hydroxyl groups excluding tert-OH is 1. The molecule has 0 aromatic carbocycles. The lowest BCUT2D eigenvalue weighted by atomic mass is 10.1. The number of hydrogen-bond donors (Lipinski definition) is 3. The fourth-order valence-corrected chi connectivity index (χ4v) is 2.12. The normalized spacial score (nSPS) is 16.2. The van der Waals surface area contributed by atoms with Gasteiger partial charge in [-0.2, -0.15) is 0 Å². The lowest BCUT2D eigenvalue weighted by Gasteiger charge is -2.14. The van der Waals surface area contributed by atoms with E-state index in [-0.39, 0.29) is 24.5 Å².